The van der Waals surface area contributed by atoms with E-state index in [0.717, 1.165) is 6.42 Å². The van der Waals surface area contributed by atoms with Gasteiger partial charge in [0.05, 0.1) is 6.61 Å². The normalized spacial score (nSPS) is 10.2. The summed E-state index contributed by atoms with van der Waals surface area (Å²) in [5, 5.41) is 0. The summed E-state index contributed by atoms with van der Waals surface area (Å²) in [6.45, 7) is 4.36. The Hall–Kier alpha value is -1.51. The van der Waals surface area contributed by atoms with Gasteiger partial charge in [-0.15, -0.1) is 0 Å². The third-order valence-electron chi connectivity index (χ3n) is 2.90. The lowest BCUT2D eigenvalue weighted by atomic mass is 10.1. The molecule has 0 unspecified atom stereocenters. The van der Waals surface area contributed by atoms with Crippen LogP contribution in [0.5, 0.6) is 5.75 Å². The average molecular weight is 264 g/mol. The maximum Gasteiger partial charge on any atom is 0.344 e. The SMILES string of the molecule is CCCCCCc1ccc(OCC(=O)OCC)cc1. The zero-order chi connectivity index (χ0) is 13.9. The molecule has 0 N–H and O–H groups in total. The van der Waals surface area contributed by atoms with E-state index in [1.54, 1.807) is 6.92 Å². The molecule has 3 heteroatoms. The maximum atomic E-state index is 11.1. The van der Waals surface area contributed by atoms with E-state index in [9.17, 15) is 4.79 Å². The maximum absolute atomic E-state index is 11.1. The molecule has 0 atom stereocenters. The minimum absolute atomic E-state index is 0.0241. The molecule has 0 spiro atoms. The first-order valence-corrected chi connectivity index (χ1v) is 7.13. The van der Waals surface area contributed by atoms with E-state index in [-0.39, 0.29) is 12.6 Å². The fourth-order valence-corrected chi connectivity index (χ4v) is 1.85. The molecule has 0 aliphatic rings. The summed E-state index contributed by atoms with van der Waals surface area (Å²) in [4.78, 5) is 11.1. The standard InChI is InChI=1S/C16H24O3/c1-3-5-6-7-8-14-9-11-15(12-10-14)19-13-16(17)18-4-2/h9-12H,3-8,13H2,1-2H3. The number of ether oxygens (including phenoxy) is 2. The van der Waals surface area contributed by atoms with Crippen molar-refractivity contribution < 1.29 is 14.3 Å². The van der Waals surface area contributed by atoms with Crippen molar-refractivity contribution in [2.45, 2.75) is 46.0 Å². The summed E-state index contributed by atoms with van der Waals surface area (Å²) in [6, 6.07) is 7.95. The van der Waals surface area contributed by atoms with Crippen LogP contribution in [0.2, 0.25) is 0 Å². The Labute approximate surface area is 115 Å². The molecule has 1 rings (SSSR count). The van der Waals surface area contributed by atoms with E-state index in [4.69, 9.17) is 9.47 Å². The van der Waals surface area contributed by atoms with Gasteiger partial charge in [-0.05, 0) is 37.5 Å². The molecule has 0 saturated heterocycles. The van der Waals surface area contributed by atoms with Gasteiger partial charge in [0, 0.05) is 0 Å². The van der Waals surface area contributed by atoms with Crippen LogP contribution in [0.25, 0.3) is 0 Å². The van der Waals surface area contributed by atoms with E-state index >= 15 is 0 Å². The number of rotatable bonds is 9. The van der Waals surface area contributed by atoms with Crippen LogP contribution in [-0.4, -0.2) is 19.2 Å². The summed E-state index contributed by atoms with van der Waals surface area (Å²) in [6.07, 6.45) is 6.20. The van der Waals surface area contributed by atoms with Gasteiger partial charge in [0.1, 0.15) is 5.75 Å². The van der Waals surface area contributed by atoms with Crippen LogP contribution < -0.4 is 4.74 Å². The molecule has 1 aromatic carbocycles. The Balaban J connectivity index is 2.29. The molecule has 0 amide bonds. The Morgan fingerprint density at radius 2 is 1.79 bits per heavy atom. The van der Waals surface area contributed by atoms with Crippen LogP contribution >= 0.6 is 0 Å². The first kappa shape index (κ1) is 15.5. The van der Waals surface area contributed by atoms with Crippen molar-refractivity contribution in [3.05, 3.63) is 29.8 Å². The highest BCUT2D eigenvalue weighted by molar-refractivity contribution is 5.71. The quantitative estimate of drug-likeness (QED) is 0.503. The largest absolute Gasteiger partial charge is 0.482 e. The number of hydrogen-bond donors (Lipinski definition) is 0. The van der Waals surface area contributed by atoms with Crippen molar-refractivity contribution in [1.82, 2.24) is 0 Å². The molecule has 3 nitrogen and oxygen atoms in total. The molecular weight excluding hydrogens is 240 g/mol. The minimum atomic E-state index is -0.328. The summed E-state index contributed by atoms with van der Waals surface area (Å²) in [5.74, 6) is 0.386. The number of unbranched alkanes of at least 4 members (excludes halogenated alkanes) is 3. The van der Waals surface area contributed by atoms with Gasteiger partial charge in [0.15, 0.2) is 6.61 Å². The number of benzene rings is 1. The lowest BCUT2D eigenvalue weighted by Crippen LogP contribution is -2.14. The molecule has 106 valence electrons. The summed E-state index contributed by atoms with van der Waals surface area (Å²) in [5.41, 5.74) is 1.32. The van der Waals surface area contributed by atoms with E-state index in [0.29, 0.717) is 12.4 Å². The highest BCUT2D eigenvalue weighted by Gasteiger charge is 2.02. The monoisotopic (exact) mass is 264 g/mol. The zero-order valence-corrected chi connectivity index (χ0v) is 12.0. The van der Waals surface area contributed by atoms with Gasteiger partial charge in [-0.2, -0.15) is 0 Å². The topological polar surface area (TPSA) is 35.5 Å². The fraction of sp³-hybridized carbons (Fsp3) is 0.562. The van der Waals surface area contributed by atoms with E-state index in [1.165, 1.54) is 31.2 Å². The second-order valence-corrected chi connectivity index (χ2v) is 4.55. The summed E-state index contributed by atoms with van der Waals surface area (Å²) in [7, 11) is 0. The lowest BCUT2D eigenvalue weighted by Gasteiger charge is -2.07. The van der Waals surface area contributed by atoms with Crippen LogP contribution in [-0.2, 0) is 16.0 Å². The van der Waals surface area contributed by atoms with Crippen molar-refractivity contribution in [3.63, 3.8) is 0 Å². The molecular formula is C16H24O3. The molecule has 0 heterocycles. The predicted molar refractivity (Wildman–Crippen MR) is 76.4 cm³/mol. The Bertz CT molecular complexity index is 357. The second kappa shape index (κ2) is 9.42. The first-order chi connectivity index (χ1) is 9.26. The Morgan fingerprint density at radius 3 is 2.42 bits per heavy atom. The van der Waals surface area contributed by atoms with Gasteiger partial charge in [0.2, 0.25) is 0 Å². The fourth-order valence-electron chi connectivity index (χ4n) is 1.85. The molecule has 0 aliphatic carbocycles. The van der Waals surface area contributed by atoms with Crippen LogP contribution in [0.3, 0.4) is 0 Å². The number of hydrogen-bond acceptors (Lipinski definition) is 3. The second-order valence-electron chi connectivity index (χ2n) is 4.55. The van der Waals surface area contributed by atoms with Gasteiger partial charge in [0.25, 0.3) is 0 Å². The lowest BCUT2D eigenvalue weighted by molar-refractivity contribution is -0.145. The summed E-state index contributed by atoms with van der Waals surface area (Å²) >= 11 is 0. The van der Waals surface area contributed by atoms with E-state index in [1.807, 2.05) is 12.1 Å². The van der Waals surface area contributed by atoms with E-state index in [2.05, 4.69) is 19.1 Å². The Morgan fingerprint density at radius 1 is 1.05 bits per heavy atom. The summed E-state index contributed by atoms with van der Waals surface area (Å²) < 4.78 is 10.1. The highest BCUT2D eigenvalue weighted by Crippen LogP contribution is 2.14. The third-order valence-corrected chi connectivity index (χ3v) is 2.90. The van der Waals surface area contributed by atoms with Crippen LogP contribution in [0, 0.1) is 0 Å². The predicted octanol–water partition coefficient (Wildman–Crippen LogP) is 3.75. The molecule has 19 heavy (non-hydrogen) atoms. The average Bonchev–Trinajstić information content (AvgIpc) is 2.43. The van der Waals surface area contributed by atoms with Crippen molar-refractivity contribution in [3.8, 4) is 5.75 Å². The van der Waals surface area contributed by atoms with Crippen LogP contribution in [0.1, 0.15) is 45.1 Å². The molecule has 0 bridgehead atoms. The first-order valence-electron chi connectivity index (χ1n) is 7.13. The van der Waals surface area contributed by atoms with Gasteiger partial charge < -0.3 is 9.47 Å². The van der Waals surface area contributed by atoms with Gasteiger partial charge in [-0.1, -0.05) is 38.3 Å². The van der Waals surface area contributed by atoms with Crippen LogP contribution in [0.15, 0.2) is 24.3 Å². The van der Waals surface area contributed by atoms with Gasteiger partial charge in [-0.25, -0.2) is 4.79 Å². The molecule has 0 aromatic heterocycles. The van der Waals surface area contributed by atoms with Gasteiger partial charge in [-0.3, -0.25) is 0 Å². The smallest absolute Gasteiger partial charge is 0.344 e. The molecule has 0 radical (unpaired) electrons. The van der Waals surface area contributed by atoms with Crippen LogP contribution in [0.4, 0.5) is 0 Å². The number of aryl methyl sites for hydroxylation is 1. The molecule has 1 aromatic rings. The number of carbonyl (C=O) groups excluding carboxylic acids is 1. The third kappa shape index (κ3) is 6.85. The zero-order valence-electron chi connectivity index (χ0n) is 12.0. The molecule has 0 saturated carbocycles. The van der Waals surface area contributed by atoms with E-state index < -0.39 is 0 Å². The highest BCUT2D eigenvalue weighted by atomic mass is 16.6. The van der Waals surface area contributed by atoms with Gasteiger partial charge >= 0.3 is 5.97 Å². The van der Waals surface area contributed by atoms with Crippen molar-refractivity contribution in [2.75, 3.05) is 13.2 Å². The van der Waals surface area contributed by atoms with Crippen molar-refractivity contribution in [1.29, 1.82) is 0 Å². The number of esters is 1. The Kier molecular flexibility index (Phi) is 7.71. The van der Waals surface area contributed by atoms with Crippen molar-refractivity contribution >= 4 is 5.97 Å². The number of carbonyl (C=O) groups is 1. The van der Waals surface area contributed by atoms with Crippen molar-refractivity contribution in [2.24, 2.45) is 0 Å². The molecule has 0 aliphatic heterocycles. The minimum Gasteiger partial charge on any atom is -0.482 e. The molecule has 0 fully saturated rings.